The van der Waals surface area contributed by atoms with Gasteiger partial charge < -0.3 is 4.74 Å². The lowest BCUT2D eigenvalue weighted by Gasteiger charge is -2.35. The van der Waals surface area contributed by atoms with Crippen molar-refractivity contribution in [2.24, 2.45) is 0 Å². The number of rotatable bonds is 1. The van der Waals surface area contributed by atoms with Gasteiger partial charge in [-0.15, -0.1) is 0 Å². The molecular formula is C14H17NO. The summed E-state index contributed by atoms with van der Waals surface area (Å²) >= 11 is 0. The van der Waals surface area contributed by atoms with Crippen LogP contribution in [0.1, 0.15) is 44.2 Å². The van der Waals surface area contributed by atoms with Crippen LogP contribution in [0.15, 0.2) is 18.2 Å². The highest BCUT2D eigenvalue weighted by Gasteiger charge is 2.33. The van der Waals surface area contributed by atoms with Crippen LogP contribution in [0.5, 0.6) is 5.75 Å². The van der Waals surface area contributed by atoms with Gasteiger partial charge in [0.2, 0.25) is 0 Å². The molecular weight excluding hydrogens is 198 g/mol. The number of aryl methyl sites for hydroxylation is 1. The van der Waals surface area contributed by atoms with Crippen LogP contribution >= 0.6 is 0 Å². The molecule has 0 radical (unpaired) electrons. The van der Waals surface area contributed by atoms with E-state index in [-0.39, 0.29) is 11.5 Å². The maximum Gasteiger partial charge on any atom is 0.124 e. The van der Waals surface area contributed by atoms with E-state index < -0.39 is 0 Å². The first-order chi connectivity index (χ1) is 7.55. The van der Waals surface area contributed by atoms with Crippen LogP contribution < -0.4 is 4.74 Å². The highest BCUT2D eigenvalue weighted by Crippen LogP contribution is 2.40. The molecule has 0 aliphatic carbocycles. The number of fused-ring (bicyclic) bond motifs is 1. The molecule has 0 spiro atoms. The Morgan fingerprint density at radius 2 is 2.25 bits per heavy atom. The normalized spacial score (nSPS) is 21.8. The molecule has 1 unspecified atom stereocenters. The topological polar surface area (TPSA) is 33.0 Å². The summed E-state index contributed by atoms with van der Waals surface area (Å²) in [5.41, 5.74) is 2.09. The van der Waals surface area contributed by atoms with E-state index in [1.165, 1.54) is 5.56 Å². The summed E-state index contributed by atoms with van der Waals surface area (Å²) in [6.45, 7) is 6.19. The maximum absolute atomic E-state index is 9.23. The third-order valence-electron chi connectivity index (χ3n) is 3.10. The van der Waals surface area contributed by atoms with Gasteiger partial charge in [-0.1, -0.05) is 19.1 Å². The van der Waals surface area contributed by atoms with Crippen LogP contribution in [0.3, 0.4) is 0 Å². The molecule has 1 atom stereocenters. The van der Waals surface area contributed by atoms with Crippen molar-refractivity contribution in [3.63, 3.8) is 0 Å². The Kier molecular flexibility index (Phi) is 2.63. The largest absolute Gasteiger partial charge is 0.487 e. The number of nitriles is 1. The van der Waals surface area contributed by atoms with Gasteiger partial charge in [0.25, 0.3) is 0 Å². The lowest BCUT2D eigenvalue weighted by Crippen LogP contribution is -2.34. The summed E-state index contributed by atoms with van der Waals surface area (Å²) in [5, 5.41) is 9.23. The van der Waals surface area contributed by atoms with Crippen LogP contribution in [0.2, 0.25) is 0 Å². The van der Waals surface area contributed by atoms with E-state index in [2.05, 4.69) is 25.1 Å². The van der Waals surface area contributed by atoms with E-state index in [9.17, 15) is 5.26 Å². The minimum Gasteiger partial charge on any atom is -0.487 e. The zero-order valence-corrected chi connectivity index (χ0v) is 10.1. The Morgan fingerprint density at radius 3 is 2.88 bits per heavy atom. The van der Waals surface area contributed by atoms with Crippen molar-refractivity contribution in [1.82, 2.24) is 0 Å². The summed E-state index contributed by atoms with van der Waals surface area (Å²) in [4.78, 5) is 0. The summed E-state index contributed by atoms with van der Waals surface area (Å²) in [6, 6.07) is 8.57. The van der Waals surface area contributed by atoms with Crippen molar-refractivity contribution in [3.8, 4) is 11.8 Å². The molecule has 16 heavy (non-hydrogen) atoms. The molecule has 1 aliphatic heterocycles. The van der Waals surface area contributed by atoms with E-state index in [0.717, 1.165) is 24.2 Å². The summed E-state index contributed by atoms with van der Waals surface area (Å²) in [7, 11) is 0. The minimum atomic E-state index is -0.235. The molecule has 1 heterocycles. The zero-order chi connectivity index (χ0) is 11.8. The SMILES string of the molecule is CCc1ccc2c(c1)C(C#N)CC(C)(C)O2. The Labute approximate surface area is 96.9 Å². The predicted octanol–water partition coefficient (Wildman–Crippen LogP) is 3.42. The van der Waals surface area contributed by atoms with Crippen LogP contribution in [-0.4, -0.2) is 5.60 Å². The van der Waals surface area contributed by atoms with E-state index in [1.54, 1.807) is 0 Å². The van der Waals surface area contributed by atoms with Crippen molar-refractivity contribution < 1.29 is 4.74 Å². The molecule has 0 amide bonds. The molecule has 1 aromatic rings. The second-order valence-corrected chi connectivity index (χ2v) is 4.97. The third-order valence-corrected chi connectivity index (χ3v) is 3.10. The van der Waals surface area contributed by atoms with Gasteiger partial charge in [0.15, 0.2) is 0 Å². The van der Waals surface area contributed by atoms with Crippen LogP contribution in [0, 0.1) is 11.3 Å². The smallest absolute Gasteiger partial charge is 0.124 e. The fourth-order valence-corrected chi connectivity index (χ4v) is 2.24. The molecule has 2 rings (SSSR count). The molecule has 2 nitrogen and oxygen atoms in total. The molecule has 1 aromatic carbocycles. The Morgan fingerprint density at radius 1 is 1.50 bits per heavy atom. The summed E-state index contributed by atoms with van der Waals surface area (Å²) in [5.74, 6) is 0.838. The van der Waals surface area contributed by atoms with E-state index >= 15 is 0 Å². The molecule has 2 heteroatoms. The third kappa shape index (κ3) is 1.90. The first kappa shape index (κ1) is 11.0. The number of hydrogen-bond acceptors (Lipinski definition) is 2. The quantitative estimate of drug-likeness (QED) is 0.719. The standard InChI is InChI=1S/C14H17NO/c1-4-10-5-6-13-12(7-10)11(9-15)8-14(2,3)16-13/h5-7,11H,4,8H2,1-3H3. The summed E-state index contributed by atoms with van der Waals surface area (Å²) < 4.78 is 5.90. The minimum absolute atomic E-state index is 0.0368. The maximum atomic E-state index is 9.23. The van der Waals surface area contributed by atoms with E-state index in [4.69, 9.17) is 4.74 Å². The fraction of sp³-hybridized carbons (Fsp3) is 0.500. The molecule has 0 N–H and O–H groups in total. The van der Waals surface area contributed by atoms with Crippen LogP contribution in [-0.2, 0) is 6.42 Å². The molecule has 1 aliphatic rings. The van der Waals surface area contributed by atoms with Gasteiger partial charge in [0, 0.05) is 12.0 Å². The Bertz CT molecular complexity index is 443. The van der Waals surface area contributed by atoms with Crippen LogP contribution in [0.4, 0.5) is 0 Å². The highest BCUT2D eigenvalue weighted by atomic mass is 16.5. The first-order valence-corrected chi connectivity index (χ1v) is 5.77. The molecule has 0 fully saturated rings. The second-order valence-electron chi connectivity index (χ2n) is 4.97. The van der Waals surface area contributed by atoms with Gasteiger partial charge in [0.1, 0.15) is 11.4 Å². The molecule has 0 bridgehead atoms. The van der Waals surface area contributed by atoms with Gasteiger partial charge in [-0.2, -0.15) is 5.26 Å². The number of hydrogen-bond donors (Lipinski definition) is 0. The molecule has 0 aromatic heterocycles. The van der Waals surface area contributed by atoms with Gasteiger partial charge in [-0.25, -0.2) is 0 Å². The van der Waals surface area contributed by atoms with Gasteiger partial charge >= 0.3 is 0 Å². The van der Waals surface area contributed by atoms with Crippen molar-refractivity contribution in [2.45, 2.75) is 45.1 Å². The van der Waals surface area contributed by atoms with Gasteiger partial charge in [-0.3, -0.25) is 0 Å². The van der Waals surface area contributed by atoms with E-state index in [0.29, 0.717) is 0 Å². The van der Waals surface area contributed by atoms with Crippen molar-refractivity contribution >= 4 is 0 Å². The Hall–Kier alpha value is -1.49. The van der Waals surface area contributed by atoms with Crippen LogP contribution in [0.25, 0.3) is 0 Å². The average Bonchev–Trinajstić information content (AvgIpc) is 2.26. The van der Waals surface area contributed by atoms with E-state index in [1.807, 2.05) is 19.9 Å². The molecule has 0 saturated carbocycles. The van der Waals surface area contributed by atoms with Gasteiger partial charge in [0.05, 0.1) is 12.0 Å². The Balaban J connectivity index is 2.47. The average molecular weight is 215 g/mol. The monoisotopic (exact) mass is 215 g/mol. The lowest BCUT2D eigenvalue weighted by molar-refractivity contribution is 0.0793. The molecule has 84 valence electrons. The fourth-order valence-electron chi connectivity index (χ4n) is 2.24. The molecule has 0 saturated heterocycles. The number of benzene rings is 1. The zero-order valence-electron chi connectivity index (χ0n) is 10.1. The number of nitrogens with zero attached hydrogens (tertiary/aromatic N) is 1. The van der Waals surface area contributed by atoms with Crippen molar-refractivity contribution in [3.05, 3.63) is 29.3 Å². The first-order valence-electron chi connectivity index (χ1n) is 5.77. The summed E-state index contributed by atoms with van der Waals surface area (Å²) in [6.07, 6.45) is 1.76. The van der Waals surface area contributed by atoms with Crippen molar-refractivity contribution in [1.29, 1.82) is 5.26 Å². The lowest BCUT2D eigenvalue weighted by atomic mass is 9.84. The van der Waals surface area contributed by atoms with Crippen molar-refractivity contribution in [2.75, 3.05) is 0 Å². The number of ether oxygens (including phenoxy) is 1. The predicted molar refractivity (Wildman–Crippen MR) is 63.5 cm³/mol. The second kappa shape index (κ2) is 3.83. The highest BCUT2D eigenvalue weighted by molar-refractivity contribution is 5.44. The van der Waals surface area contributed by atoms with Gasteiger partial charge in [-0.05, 0) is 31.9 Å².